The van der Waals surface area contributed by atoms with Crippen molar-refractivity contribution in [2.24, 2.45) is 0 Å². The number of ether oxygens (including phenoxy) is 2. The van der Waals surface area contributed by atoms with Gasteiger partial charge in [0.15, 0.2) is 0 Å². The number of hydrogen-bond donors (Lipinski definition) is 2. The van der Waals surface area contributed by atoms with Gasteiger partial charge >= 0.3 is 5.97 Å². The second kappa shape index (κ2) is 7.73. The fraction of sp³-hybridized carbons (Fsp3) is 0.211. The molecule has 0 spiro atoms. The summed E-state index contributed by atoms with van der Waals surface area (Å²) < 4.78 is 9.99. The molecule has 0 aliphatic carbocycles. The average molecular weight is 385 g/mol. The lowest BCUT2D eigenvalue weighted by Crippen LogP contribution is -2.15. The molecule has 0 atom stereocenters. The lowest BCUT2D eigenvalue weighted by molar-refractivity contribution is 0.0602. The molecule has 2 heterocycles. The molecule has 2 aromatic heterocycles. The number of amides is 1. The number of anilines is 2. The van der Waals surface area contributed by atoms with Crippen molar-refractivity contribution in [2.45, 2.75) is 13.5 Å². The number of nitrogens with two attached hydrogens (primary N) is 1. The third-order valence-corrected chi connectivity index (χ3v) is 5.09. The predicted octanol–water partition coefficient (Wildman–Crippen LogP) is 3.37. The highest BCUT2D eigenvalue weighted by molar-refractivity contribution is 7.21. The standard InChI is InChI=1S/C19H19N3O4S/c1-10-8-11(9-25-2)14-15(20)16(27-18(14)21-10)17(23)22-13-7-5-4-6-12(13)19(24)26-3/h4-8H,9,20H2,1-3H3,(H,22,23). The maximum absolute atomic E-state index is 12.8. The van der Waals surface area contributed by atoms with Crippen LogP contribution in [0.4, 0.5) is 11.4 Å². The minimum atomic E-state index is -0.533. The van der Waals surface area contributed by atoms with E-state index in [2.05, 4.69) is 10.3 Å². The fourth-order valence-electron chi connectivity index (χ4n) is 2.83. The second-order valence-corrected chi connectivity index (χ2v) is 6.87. The fourth-order valence-corrected chi connectivity index (χ4v) is 3.92. The molecule has 0 aliphatic heterocycles. The van der Waals surface area contributed by atoms with Crippen LogP contribution in [0.25, 0.3) is 10.2 Å². The van der Waals surface area contributed by atoms with Crippen LogP contribution in [0.2, 0.25) is 0 Å². The number of pyridine rings is 1. The number of carbonyl (C=O) groups is 2. The van der Waals surface area contributed by atoms with Gasteiger partial charge in [0, 0.05) is 18.2 Å². The lowest BCUT2D eigenvalue weighted by Gasteiger charge is -2.09. The van der Waals surface area contributed by atoms with Crippen LogP contribution in [0.15, 0.2) is 30.3 Å². The highest BCUT2D eigenvalue weighted by Crippen LogP contribution is 2.36. The third kappa shape index (κ3) is 3.62. The zero-order valence-electron chi connectivity index (χ0n) is 15.2. The Balaban J connectivity index is 2.01. The quantitative estimate of drug-likeness (QED) is 0.653. The van der Waals surface area contributed by atoms with E-state index in [1.807, 2.05) is 13.0 Å². The number of carbonyl (C=O) groups excluding carboxylic acids is 2. The molecule has 0 bridgehead atoms. The van der Waals surface area contributed by atoms with Gasteiger partial charge in [-0.2, -0.15) is 0 Å². The number of hydrogen-bond acceptors (Lipinski definition) is 7. The van der Waals surface area contributed by atoms with Gasteiger partial charge in [-0.05, 0) is 30.7 Å². The van der Waals surface area contributed by atoms with Crippen LogP contribution in [0.5, 0.6) is 0 Å². The van der Waals surface area contributed by atoms with E-state index >= 15 is 0 Å². The van der Waals surface area contributed by atoms with Crippen molar-refractivity contribution in [3.05, 3.63) is 52.0 Å². The monoisotopic (exact) mass is 385 g/mol. The SMILES string of the molecule is COCc1cc(C)nc2sc(C(=O)Nc3ccccc3C(=O)OC)c(N)c12. The number of nitrogen functional groups attached to an aromatic ring is 1. The molecule has 0 radical (unpaired) electrons. The van der Waals surface area contributed by atoms with Gasteiger partial charge in [0.1, 0.15) is 9.71 Å². The Hall–Kier alpha value is -2.97. The van der Waals surface area contributed by atoms with E-state index in [4.69, 9.17) is 15.2 Å². The van der Waals surface area contributed by atoms with Gasteiger partial charge in [-0.1, -0.05) is 12.1 Å². The zero-order valence-corrected chi connectivity index (χ0v) is 16.0. The molecule has 27 heavy (non-hydrogen) atoms. The lowest BCUT2D eigenvalue weighted by atomic mass is 10.1. The molecule has 140 valence electrons. The highest BCUT2D eigenvalue weighted by Gasteiger charge is 2.21. The Bertz CT molecular complexity index is 1030. The van der Waals surface area contributed by atoms with E-state index in [9.17, 15) is 9.59 Å². The van der Waals surface area contributed by atoms with Gasteiger partial charge in [0.25, 0.3) is 5.91 Å². The molecular weight excluding hydrogens is 366 g/mol. The van der Waals surface area contributed by atoms with Gasteiger partial charge in [0.05, 0.1) is 30.7 Å². The molecule has 3 N–H and O–H groups in total. The number of methoxy groups -OCH3 is 2. The minimum Gasteiger partial charge on any atom is -0.465 e. The third-order valence-electron chi connectivity index (χ3n) is 4.00. The van der Waals surface area contributed by atoms with Crippen LogP contribution < -0.4 is 11.1 Å². The first-order valence-electron chi connectivity index (χ1n) is 8.12. The normalized spacial score (nSPS) is 10.8. The van der Waals surface area contributed by atoms with Crippen molar-refractivity contribution >= 4 is 44.8 Å². The van der Waals surface area contributed by atoms with Crippen LogP contribution in [0.3, 0.4) is 0 Å². The van der Waals surface area contributed by atoms with Crippen molar-refractivity contribution in [3.8, 4) is 0 Å². The van der Waals surface area contributed by atoms with Crippen molar-refractivity contribution < 1.29 is 19.1 Å². The van der Waals surface area contributed by atoms with Crippen LogP contribution in [0, 0.1) is 6.92 Å². The molecule has 0 saturated carbocycles. The summed E-state index contributed by atoms with van der Waals surface area (Å²) in [4.78, 5) is 30.2. The summed E-state index contributed by atoms with van der Waals surface area (Å²) in [6.45, 7) is 2.24. The number of benzene rings is 1. The molecule has 0 fully saturated rings. The number of fused-ring (bicyclic) bond motifs is 1. The van der Waals surface area contributed by atoms with E-state index in [0.717, 1.165) is 16.6 Å². The number of rotatable bonds is 5. The zero-order chi connectivity index (χ0) is 19.6. The van der Waals surface area contributed by atoms with Gasteiger partial charge in [0.2, 0.25) is 0 Å². The summed E-state index contributed by atoms with van der Waals surface area (Å²) in [5.74, 6) is -0.942. The summed E-state index contributed by atoms with van der Waals surface area (Å²) in [5, 5.41) is 3.46. The van der Waals surface area contributed by atoms with Gasteiger partial charge < -0.3 is 20.5 Å². The van der Waals surface area contributed by atoms with Gasteiger partial charge in [-0.25, -0.2) is 9.78 Å². The number of thiophene rings is 1. The predicted molar refractivity (Wildman–Crippen MR) is 105 cm³/mol. The van der Waals surface area contributed by atoms with Crippen molar-refractivity contribution in [1.29, 1.82) is 0 Å². The molecule has 0 aliphatic rings. The maximum Gasteiger partial charge on any atom is 0.339 e. The van der Waals surface area contributed by atoms with Crippen LogP contribution in [-0.4, -0.2) is 31.1 Å². The number of para-hydroxylation sites is 1. The van der Waals surface area contributed by atoms with Crippen molar-refractivity contribution in [1.82, 2.24) is 4.98 Å². The topological polar surface area (TPSA) is 104 Å². The van der Waals surface area contributed by atoms with Crippen molar-refractivity contribution in [3.63, 3.8) is 0 Å². The molecule has 1 aromatic carbocycles. The molecule has 1 amide bonds. The Labute approximate surface area is 160 Å². The Morgan fingerprint density at radius 1 is 1.26 bits per heavy atom. The van der Waals surface area contributed by atoms with Crippen molar-refractivity contribution in [2.75, 3.05) is 25.3 Å². The molecule has 3 aromatic rings. The Morgan fingerprint density at radius 3 is 2.70 bits per heavy atom. The van der Waals surface area contributed by atoms with Gasteiger partial charge in [-0.3, -0.25) is 4.79 Å². The molecule has 3 rings (SSSR count). The summed E-state index contributed by atoms with van der Waals surface area (Å²) in [7, 11) is 2.89. The van der Waals surface area contributed by atoms with Gasteiger partial charge in [-0.15, -0.1) is 11.3 Å². The molecule has 8 heteroatoms. The molecule has 0 saturated heterocycles. The van der Waals surface area contributed by atoms with E-state index in [1.54, 1.807) is 31.4 Å². The first-order valence-corrected chi connectivity index (χ1v) is 8.94. The largest absolute Gasteiger partial charge is 0.465 e. The first-order chi connectivity index (χ1) is 13.0. The number of aromatic nitrogens is 1. The summed E-state index contributed by atoms with van der Waals surface area (Å²) in [6.07, 6.45) is 0. The minimum absolute atomic E-state index is 0.266. The first kappa shape index (κ1) is 18.8. The summed E-state index contributed by atoms with van der Waals surface area (Å²) in [6, 6.07) is 8.52. The Kier molecular flexibility index (Phi) is 5.38. The smallest absolute Gasteiger partial charge is 0.339 e. The average Bonchev–Trinajstić information content (AvgIpc) is 2.98. The molecule has 7 nitrogen and oxygen atoms in total. The van der Waals surface area contributed by atoms with Crippen LogP contribution in [0.1, 0.15) is 31.3 Å². The van der Waals surface area contributed by atoms with E-state index in [1.165, 1.54) is 18.4 Å². The van der Waals surface area contributed by atoms with Crippen LogP contribution in [-0.2, 0) is 16.1 Å². The number of nitrogens with one attached hydrogen (secondary N) is 1. The summed E-state index contributed by atoms with van der Waals surface area (Å²) in [5.41, 5.74) is 8.93. The van der Waals surface area contributed by atoms with E-state index in [-0.39, 0.29) is 5.56 Å². The summed E-state index contributed by atoms with van der Waals surface area (Å²) >= 11 is 1.21. The number of esters is 1. The van der Waals surface area contributed by atoms with E-state index < -0.39 is 11.9 Å². The second-order valence-electron chi connectivity index (χ2n) is 5.87. The molecule has 0 unspecified atom stereocenters. The number of nitrogens with zero attached hydrogens (tertiary/aromatic N) is 1. The highest BCUT2D eigenvalue weighted by atomic mass is 32.1. The number of aryl methyl sites for hydroxylation is 1. The van der Waals surface area contributed by atoms with Crippen LogP contribution >= 0.6 is 11.3 Å². The maximum atomic E-state index is 12.8. The molecular formula is C19H19N3O4S. The Morgan fingerprint density at radius 2 is 2.00 bits per heavy atom. The van der Waals surface area contributed by atoms with E-state index in [0.29, 0.717) is 27.7 Å².